The van der Waals surface area contributed by atoms with Crippen LogP contribution >= 0.6 is 0 Å². The normalized spacial score (nSPS) is 14.4. The maximum absolute atomic E-state index is 11.1. The third-order valence-electron chi connectivity index (χ3n) is 2.65. The lowest BCUT2D eigenvalue weighted by molar-refractivity contribution is -0.116. The first-order valence-electron chi connectivity index (χ1n) is 5.55. The molecule has 0 N–H and O–H groups in total. The average Bonchev–Trinajstić information content (AvgIpc) is 2.42. The van der Waals surface area contributed by atoms with Gasteiger partial charge in [-0.1, -0.05) is 0 Å². The zero-order valence-corrected chi connectivity index (χ0v) is 9.71. The van der Waals surface area contributed by atoms with Gasteiger partial charge in [0, 0.05) is 12.8 Å². The van der Waals surface area contributed by atoms with E-state index in [0.717, 1.165) is 29.0 Å². The molecule has 3 nitrogen and oxygen atoms in total. The van der Waals surface area contributed by atoms with Gasteiger partial charge in [0.1, 0.15) is 5.78 Å². The van der Waals surface area contributed by atoms with Gasteiger partial charge in [0.15, 0.2) is 11.5 Å². The zero-order chi connectivity index (χ0) is 11.5. The Balaban J connectivity index is 2.34. The summed E-state index contributed by atoms with van der Waals surface area (Å²) in [5, 5.41) is 0. The number of aryl methyl sites for hydroxylation is 1. The molecule has 0 fully saturated rings. The van der Waals surface area contributed by atoms with Gasteiger partial charge in [0.2, 0.25) is 0 Å². The van der Waals surface area contributed by atoms with E-state index in [2.05, 4.69) is 0 Å². The maximum Gasteiger partial charge on any atom is 0.161 e. The molecule has 0 amide bonds. The number of rotatable bonds is 2. The first-order valence-corrected chi connectivity index (χ1v) is 5.55. The summed E-state index contributed by atoms with van der Waals surface area (Å²) in [5.74, 6) is 1.72. The van der Waals surface area contributed by atoms with E-state index >= 15 is 0 Å². The van der Waals surface area contributed by atoms with Gasteiger partial charge in [0.05, 0.1) is 13.2 Å². The Morgan fingerprint density at radius 1 is 1.25 bits per heavy atom. The molecule has 1 aliphatic rings. The van der Waals surface area contributed by atoms with Gasteiger partial charge in [-0.3, -0.25) is 4.79 Å². The number of benzene rings is 1. The minimum atomic E-state index is 0.164. The first kappa shape index (κ1) is 11.0. The predicted molar refractivity (Wildman–Crippen MR) is 61.2 cm³/mol. The fourth-order valence-electron chi connectivity index (χ4n) is 1.81. The van der Waals surface area contributed by atoms with Crippen LogP contribution in [0.2, 0.25) is 0 Å². The highest BCUT2D eigenvalue weighted by Crippen LogP contribution is 2.32. The fourth-order valence-corrected chi connectivity index (χ4v) is 1.81. The van der Waals surface area contributed by atoms with E-state index in [9.17, 15) is 4.79 Å². The molecule has 2 rings (SSSR count). The first-order chi connectivity index (χ1) is 7.66. The summed E-state index contributed by atoms with van der Waals surface area (Å²) in [7, 11) is 0. The third kappa shape index (κ3) is 2.35. The summed E-state index contributed by atoms with van der Waals surface area (Å²) in [6.45, 7) is 4.96. The molecule has 16 heavy (non-hydrogen) atoms. The SMILES string of the molecule is CC(=O)Cc1cc2c(cc1C)OCCCO2. The summed E-state index contributed by atoms with van der Waals surface area (Å²) < 4.78 is 11.2. The van der Waals surface area contributed by atoms with Crippen molar-refractivity contribution in [2.75, 3.05) is 13.2 Å². The standard InChI is InChI=1S/C13H16O3/c1-9-6-12-13(16-5-3-4-15-12)8-11(9)7-10(2)14/h6,8H,3-5,7H2,1-2H3. The van der Waals surface area contributed by atoms with Crippen LogP contribution in [0.3, 0.4) is 0 Å². The molecule has 0 saturated carbocycles. The van der Waals surface area contributed by atoms with Crippen molar-refractivity contribution in [2.24, 2.45) is 0 Å². The van der Waals surface area contributed by atoms with Gasteiger partial charge < -0.3 is 9.47 Å². The van der Waals surface area contributed by atoms with Crippen LogP contribution in [-0.2, 0) is 11.2 Å². The molecular formula is C13H16O3. The summed E-state index contributed by atoms with van der Waals surface area (Å²) in [6.07, 6.45) is 1.36. The molecule has 3 heteroatoms. The van der Waals surface area contributed by atoms with E-state index in [4.69, 9.17) is 9.47 Å². The van der Waals surface area contributed by atoms with Crippen LogP contribution < -0.4 is 9.47 Å². The van der Waals surface area contributed by atoms with E-state index < -0.39 is 0 Å². The molecule has 86 valence electrons. The lowest BCUT2D eigenvalue weighted by atomic mass is 10.0. The van der Waals surface area contributed by atoms with Crippen molar-refractivity contribution >= 4 is 5.78 Å². The van der Waals surface area contributed by atoms with Crippen LogP contribution in [0, 0.1) is 6.92 Å². The molecule has 0 unspecified atom stereocenters. The summed E-state index contributed by atoms with van der Waals surface area (Å²) in [6, 6.07) is 3.89. The van der Waals surface area contributed by atoms with Crippen molar-refractivity contribution in [3.05, 3.63) is 23.3 Å². The minimum Gasteiger partial charge on any atom is -0.490 e. The summed E-state index contributed by atoms with van der Waals surface area (Å²) in [4.78, 5) is 11.1. The Hall–Kier alpha value is -1.51. The molecule has 1 aromatic carbocycles. The van der Waals surface area contributed by atoms with Crippen molar-refractivity contribution in [3.63, 3.8) is 0 Å². The number of ketones is 1. The van der Waals surface area contributed by atoms with Crippen LogP contribution in [0.25, 0.3) is 0 Å². The lowest BCUT2D eigenvalue weighted by Crippen LogP contribution is -2.01. The second kappa shape index (κ2) is 4.56. The minimum absolute atomic E-state index is 0.164. The molecular weight excluding hydrogens is 204 g/mol. The highest BCUT2D eigenvalue weighted by molar-refractivity contribution is 5.78. The van der Waals surface area contributed by atoms with Gasteiger partial charge in [-0.2, -0.15) is 0 Å². The van der Waals surface area contributed by atoms with Crippen molar-refractivity contribution in [2.45, 2.75) is 26.7 Å². The van der Waals surface area contributed by atoms with Gasteiger partial charge >= 0.3 is 0 Å². The molecule has 1 heterocycles. The Labute approximate surface area is 95.4 Å². The number of carbonyl (C=O) groups is 1. The molecule has 1 aromatic rings. The number of ether oxygens (including phenoxy) is 2. The number of Topliss-reactive ketones (excluding diaryl/α,β-unsaturated/α-hetero) is 1. The summed E-state index contributed by atoms with van der Waals surface area (Å²) >= 11 is 0. The number of hydrogen-bond acceptors (Lipinski definition) is 3. The largest absolute Gasteiger partial charge is 0.490 e. The van der Waals surface area contributed by atoms with Crippen molar-refractivity contribution in [3.8, 4) is 11.5 Å². The van der Waals surface area contributed by atoms with Crippen molar-refractivity contribution in [1.29, 1.82) is 0 Å². The van der Waals surface area contributed by atoms with Gasteiger partial charge in [-0.05, 0) is 37.1 Å². The topological polar surface area (TPSA) is 35.5 Å². The van der Waals surface area contributed by atoms with Crippen LogP contribution in [0.15, 0.2) is 12.1 Å². The molecule has 0 aromatic heterocycles. The second-order valence-corrected chi connectivity index (χ2v) is 4.15. The maximum atomic E-state index is 11.1. The molecule has 1 aliphatic heterocycles. The van der Waals surface area contributed by atoms with Crippen LogP contribution in [0.1, 0.15) is 24.5 Å². The van der Waals surface area contributed by atoms with Gasteiger partial charge in [0.25, 0.3) is 0 Å². The van der Waals surface area contributed by atoms with E-state index in [1.165, 1.54) is 0 Å². The average molecular weight is 220 g/mol. The molecule has 0 atom stereocenters. The fraction of sp³-hybridized carbons (Fsp3) is 0.462. The van der Waals surface area contributed by atoms with E-state index in [1.54, 1.807) is 6.92 Å². The van der Waals surface area contributed by atoms with E-state index in [-0.39, 0.29) is 5.78 Å². The Bertz CT molecular complexity index is 410. The van der Waals surface area contributed by atoms with E-state index in [1.807, 2.05) is 19.1 Å². The number of fused-ring (bicyclic) bond motifs is 1. The smallest absolute Gasteiger partial charge is 0.161 e. The predicted octanol–water partition coefficient (Wildman–Crippen LogP) is 2.29. The van der Waals surface area contributed by atoms with Gasteiger partial charge in [-0.25, -0.2) is 0 Å². The number of hydrogen-bond donors (Lipinski definition) is 0. The molecule has 0 bridgehead atoms. The van der Waals surface area contributed by atoms with Crippen molar-refractivity contribution in [1.82, 2.24) is 0 Å². The molecule has 0 aliphatic carbocycles. The van der Waals surface area contributed by atoms with Gasteiger partial charge in [-0.15, -0.1) is 0 Å². The van der Waals surface area contributed by atoms with Crippen LogP contribution in [0.5, 0.6) is 11.5 Å². The van der Waals surface area contributed by atoms with E-state index in [0.29, 0.717) is 19.6 Å². The molecule has 0 spiro atoms. The molecule has 0 saturated heterocycles. The highest BCUT2D eigenvalue weighted by atomic mass is 16.5. The lowest BCUT2D eigenvalue weighted by Gasteiger charge is -2.11. The second-order valence-electron chi connectivity index (χ2n) is 4.15. The third-order valence-corrected chi connectivity index (χ3v) is 2.65. The monoisotopic (exact) mass is 220 g/mol. The number of carbonyl (C=O) groups excluding carboxylic acids is 1. The Morgan fingerprint density at radius 3 is 2.50 bits per heavy atom. The van der Waals surface area contributed by atoms with Crippen LogP contribution in [0.4, 0.5) is 0 Å². The zero-order valence-electron chi connectivity index (χ0n) is 9.71. The Kier molecular flexibility index (Phi) is 3.13. The van der Waals surface area contributed by atoms with Crippen molar-refractivity contribution < 1.29 is 14.3 Å². The Morgan fingerprint density at radius 2 is 1.88 bits per heavy atom. The molecule has 0 radical (unpaired) electrons. The quantitative estimate of drug-likeness (QED) is 0.767. The summed E-state index contributed by atoms with van der Waals surface area (Å²) in [5.41, 5.74) is 2.11. The van der Waals surface area contributed by atoms with Crippen LogP contribution in [-0.4, -0.2) is 19.0 Å². The highest BCUT2D eigenvalue weighted by Gasteiger charge is 2.13.